The summed E-state index contributed by atoms with van der Waals surface area (Å²) in [5, 5.41) is 11.6. The maximum Gasteiger partial charge on any atom is 0.169 e. The van der Waals surface area contributed by atoms with Gasteiger partial charge in [-0.3, -0.25) is 0 Å². The van der Waals surface area contributed by atoms with Crippen molar-refractivity contribution in [1.29, 1.82) is 0 Å². The molecule has 0 amide bonds. The van der Waals surface area contributed by atoms with E-state index in [9.17, 15) is 0 Å². The largest absolute Gasteiger partial charge is 0.224 e. The van der Waals surface area contributed by atoms with E-state index >= 15 is 0 Å². The summed E-state index contributed by atoms with van der Waals surface area (Å²) in [4.78, 5) is 0. The number of tetrazole rings is 1. The van der Waals surface area contributed by atoms with Crippen molar-refractivity contribution in [1.82, 2.24) is 20.2 Å². The van der Waals surface area contributed by atoms with Crippen molar-refractivity contribution in [3.05, 3.63) is 41.7 Å². The Labute approximate surface area is 105 Å². The molecule has 0 saturated heterocycles. The standard InChI is InChI=1S/C12H13ClN4/c1-8(13)12-14-15-16-17(12)11-7-10(11)9-5-3-2-4-6-9/h2-6,8,10-11H,7H2,1H3. The number of hydrogen-bond donors (Lipinski definition) is 0. The summed E-state index contributed by atoms with van der Waals surface area (Å²) >= 11 is 6.05. The summed E-state index contributed by atoms with van der Waals surface area (Å²) in [6, 6.07) is 10.8. The van der Waals surface area contributed by atoms with E-state index in [1.54, 1.807) is 0 Å². The number of alkyl halides is 1. The van der Waals surface area contributed by atoms with Gasteiger partial charge in [-0.15, -0.1) is 16.7 Å². The second-order valence-corrected chi connectivity index (χ2v) is 5.07. The molecule has 1 heterocycles. The molecule has 0 bridgehead atoms. The van der Waals surface area contributed by atoms with Crippen LogP contribution in [0.4, 0.5) is 0 Å². The monoisotopic (exact) mass is 248 g/mol. The number of halogens is 1. The zero-order valence-electron chi connectivity index (χ0n) is 9.49. The third-order valence-corrected chi connectivity index (χ3v) is 3.37. The SMILES string of the molecule is CC(Cl)c1nnnn1C1CC1c1ccccc1. The molecule has 17 heavy (non-hydrogen) atoms. The molecule has 1 fully saturated rings. The van der Waals surface area contributed by atoms with Gasteiger partial charge in [0, 0.05) is 5.92 Å². The fourth-order valence-corrected chi connectivity index (χ4v) is 2.35. The maximum absolute atomic E-state index is 6.05. The lowest BCUT2D eigenvalue weighted by Gasteiger charge is -2.05. The lowest BCUT2D eigenvalue weighted by atomic mass is 10.1. The second kappa shape index (κ2) is 4.11. The van der Waals surface area contributed by atoms with Crippen LogP contribution in [0.2, 0.25) is 0 Å². The number of aromatic nitrogens is 4. The number of nitrogens with zero attached hydrogens (tertiary/aromatic N) is 4. The first-order chi connectivity index (χ1) is 8.27. The molecule has 88 valence electrons. The van der Waals surface area contributed by atoms with Crippen LogP contribution in [0, 0.1) is 0 Å². The number of rotatable bonds is 3. The van der Waals surface area contributed by atoms with Gasteiger partial charge in [0.1, 0.15) is 0 Å². The van der Waals surface area contributed by atoms with Crippen molar-refractivity contribution in [3.8, 4) is 0 Å². The van der Waals surface area contributed by atoms with Crippen molar-refractivity contribution in [2.45, 2.75) is 30.7 Å². The normalized spacial score (nSPS) is 24.6. The van der Waals surface area contributed by atoms with Gasteiger partial charge in [0.2, 0.25) is 0 Å². The Morgan fingerprint density at radius 3 is 2.82 bits per heavy atom. The van der Waals surface area contributed by atoms with Gasteiger partial charge in [-0.05, 0) is 29.3 Å². The molecule has 3 rings (SSSR count). The molecule has 0 N–H and O–H groups in total. The molecule has 5 heteroatoms. The van der Waals surface area contributed by atoms with Crippen LogP contribution >= 0.6 is 11.6 Å². The van der Waals surface area contributed by atoms with Crippen molar-refractivity contribution < 1.29 is 0 Å². The van der Waals surface area contributed by atoms with Crippen LogP contribution in [-0.4, -0.2) is 20.2 Å². The van der Waals surface area contributed by atoms with Gasteiger partial charge in [-0.25, -0.2) is 4.68 Å². The Morgan fingerprint density at radius 1 is 1.35 bits per heavy atom. The third kappa shape index (κ3) is 1.93. The first kappa shape index (κ1) is 10.7. The Bertz CT molecular complexity index is 508. The molecule has 1 aromatic carbocycles. The minimum atomic E-state index is -0.151. The van der Waals surface area contributed by atoms with E-state index in [0.29, 0.717) is 12.0 Å². The van der Waals surface area contributed by atoms with Crippen molar-refractivity contribution in [3.63, 3.8) is 0 Å². The highest BCUT2D eigenvalue weighted by molar-refractivity contribution is 6.20. The van der Waals surface area contributed by atoms with Gasteiger partial charge in [-0.2, -0.15) is 0 Å². The molecule has 3 unspecified atom stereocenters. The smallest absolute Gasteiger partial charge is 0.169 e. The van der Waals surface area contributed by atoms with Crippen molar-refractivity contribution in [2.75, 3.05) is 0 Å². The van der Waals surface area contributed by atoms with Crippen LogP contribution in [0.1, 0.15) is 42.1 Å². The zero-order valence-corrected chi connectivity index (χ0v) is 10.2. The first-order valence-corrected chi connectivity index (χ1v) is 6.18. The summed E-state index contributed by atoms with van der Waals surface area (Å²) in [6.45, 7) is 1.89. The highest BCUT2D eigenvalue weighted by Crippen LogP contribution is 2.51. The van der Waals surface area contributed by atoms with E-state index in [1.807, 2.05) is 17.7 Å². The van der Waals surface area contributed by atoms with Crippen LogP contribution in [-0.2, 0) is 0 Å². The van der Waals surface area contributed by atoms with E-state index in [0.717, 1.165) is 12.2 Å². The lowest BCUT2D eigenvalue weighted by Crippen LogP contribution is -2.05. The Kier molecular flexibility index (Phi) is 2.59. The molecule has 1 aliphatic carbocycles. The number of hydrogen-bond acceptors (Lipinski definition) is 3. The van der Waals surface area contributed by atoms with Crippen LogP contribution in [0.25, 0.3) is 0 Å². The molecule has 4 nitrogen and oxygen atoms in total. The minimum Gasteiger partial charge on any atom is -0.224 e. The fraction of sp³-hybridized carbons (Fsp3) is 0.417. The lowest BCUT2D eigenvalue weighted by molar-refractivity contribution is 0.570. The summed E-state index contributed by atoms with van der Waals surface area (Å²) in [5.74, 6) is 1.28. The van der Waals surface area contributed by atoms with Gasteiger partial charge in [0.05, 0.1) is 11.4 Å². The predicted octanol–water partition coefficient (Wildman–Crippen LogP) is 2.70. The maximum atomic E-state index is 6.05. The molecule has 2 aromatic rings. The summed E-state index contributed by atoms with van der Waals surface area (Å²) in [7, 11) is 0. The average Bonchev–Trinajstić information content (AvgIpc) is 2.99. The van der Waals surface area contributed by atoms with Gasteiger partial charge in [0.15, 0.2) is 5.82 Å². The molecular weight excluding hydrogens is 236 g/mol. The van der Waals surface area contributed by atoms with Gasteiger partial charge in [0.25, 0.3) is 0 Å². The highest BCUT2D eigenvalue weighted by atomic mass is 35.5. The molecule has 1 saturated carbocycles. The van der Waals surface area contributed by atoms with Gasteiger partial charge < -0.3 is 0 Å². The summed E-state index contributed by atoms with van der Waals surface area (Å²) < 4.78 is 1.87. The van der Waals surface area contributed by atoms with E-state index in [4.69, 9.17) is 11.6 Å². The van der Waals surface area contributed by atoms with Crippen molar-refractivity contribution in [2.24, 2.45) is 0 Å². The van der Waals surface area contributed by atoms with Crippen molar-refractivity contribution >= 4 is 11.6 Å². The Balaban J connectivity index is 1.83. The number of benzene rings is 1. The van der Waals surface area contributed by atoms with Gasteiger partial charge in [-0.1, -0.05) is 30.3 Å². The Morgan fingerprint density at radius 2 is 2.12 bits per heavy atom. The molecular formula is C12H13ClN4. The minimum absolute atomic E-state index is 0.151. The molecule has 0 aliphatic heterocycles. The predicted molar refractivity (Wildman–Crippen MR) is 64.9 cm³/mol. The van der Waals surface area contributed by atoms with Crippen LogP contribution in [0.15, 0.2) is 30.3 Å². The van der Waals surface area contributed by atoms with Crippen LogP contribution in [0.3, 0.4) is 0 Å². The molecule has 0 spiro atoms. The van der Waals surface area contributed by atoms with Crippen LogP contribution < -0.4 is 0 Å². The van der Waals surface area contributed by atoms with E-state index < -0.39 is 0 Å². The highest BCUT2D eigenvalue weighted by Gasteiger charge is 2.42. The van der Waals surface area contributed by atoms with E-state index in [-0.39, 0.29) is 5.38 Å². The molecule has 1 aliphatic rings. The quantitative estimate of drug-likeness (QED) is 0.785. The fourth-order valence-electron chi connectivity index (χ4n) is 2.21. The molecule has 1 aromatic heterocycles. The zero-order chi connectivity index (χ0) is 11.8. The second-order valence-electron chi connectivity index (χ2n) is 4.42. The third-order valence-electron chi connectivity index (χ3n) is 3.17. The summed E-state index contributed by atoms with van der Waals surface area (Å²) in [5.41, 5.74) is 1.35. The topological polar surface area (TPSA) is 43.6 Å². The molecule has 3 atom stereocenters. The molecule has 0 radical (unpaired) electrons. The van der Waals surface area contributed by atoms with E-state index in [1.165, 1.54) is 5.56 Å². The average molecular weight is 249 g/mol. The van der Waals surface area contributed by atoms with Crippen LogP contribution in [0.5, 0.6) is 0 Å². The van der Waals surface area contributed by atoms with Gasteiger partial charge >= 0.3 is 0 Å². The first-order valence-electron chi connectivity index (χ1n) is 5.74. The summed E-state index contributed by atoms with van der Waals surface area (Å²) in [6.07, 6.45) is 1.09. The Hall–Kier alpha value is -1.42. The van der Waals surface area contributed by atoms with E-state index in [2.05, 4.69) is 39.8 Å².